The van der Waals surface area contributed by atoms with Gasteiger partial charge in [0.15, 0.2) is 0 Å². The van der Waals surface area contributed by atoms with Crippen molar-refractivity contribution >= 4 is 35.3 Å². The van der Waals surface area contributed by atoms with E-state index in [0.717, 1.165) is 0 Å². The van der Waals surface area contributed by atoms with E-state index >= 15 is 0 Å². The number of hydrogen-bond donors (Lipinski definition) is 2. The minimum Gasteiger partial charge on any atom is -0.344 e. The zero-order valence-electron chi connectivity index (χ0n) is 12.4. The zero-order chi connectivity index (χ0) is 16.1. The highest BCUT2D eigenvalue weighted by Crippen LogP contribution is 2.22. The average Bonchev–Trinajstić information content (AvgIpc) is 3.01. The summed E-state index contributed by atoms with van der Waals surface area (Å²) in [5.41, 5.74) is 6.49. The highest BCUT2D eigenvalue weighted by Gasteiger charge is 2.18. The monoisotopic (exact) mass is 356 g/mol. The zero-order valence-corrected chi connectivity index (χ0v) is 14.0. The Morgan fingerprint density at radius 3 is 2.83 bits per heavy atom. The number of non-ortho nitro benzene ring substituents is 1. The second kappa shape index (κ2) is 8.56. The second-order valence-electron chi connectivity index (χ2n) is 4.62. The van der Waals surface area contributed by atoms with Gasteiger partial charge in [0.1, 0.15) is 10.7 Å². The smallest absolute Gasteiger partial charge is 0.271 e. The summed E-state index contributed by atoms with van der Waals surface area (Å²) in [5, 5.41) is 16.0. The van der Waals surface area contributed by atoms with Crippen LogP contribution >= 0.6 is 23.7 Å². The van der Waals surface area contributed by atoms with Crippen LogP contribution in [0.3, 0.4) is 0 Å². The molecule has 1 unspecified atom stereocenters. The molecule has 1 aromatic carbocycles. The van der Waals surface area contributed by atoms with Crippen LogP contribution in [0.2, 0.25) is 0 Å². The third-order valence-electron chi connectivity index (χ3n) is 3.16. The van der Waals surface area contributed by atoms with Crippen molar-refractivity contribution in [1.29, 1.82) is 0 Å². The Balaban J connectivity index is 0.00000264. The van der Waals surface area contributed by atoms with Gasteiger partial charge in [-0.1, -0.05) is 19.1 Å². The van der Waals surface area contributed by atoms with Crippen LogP contribution in [0.1, 0.15) is 40.4 Å². The van der Waals surface area contributed by atoms with Crippen LogP contribution < -0.4 is 11.1 Å². The molecule has 7 nitrogen and oxygen atoms in total. The molecule has 0 saturated carbocycles. The normalized spacial score (nSPS) is 11.4. The van der Waals surface area contributed by atoms with Gasteiger partial charge in [-0.2, -0.15) is 0 Å². The van der Waals surface area contributed by atoms with Crippen LogP contribution in [0.15, 0.2) is 29.6 Å². The molecule has 0 aliphatic rings. The molecule has 0 saturated heterocycles. The fourth-order valence-corrected chi connectivity index (χ4v) is 2.67. The predicted octanol–water partition coefficient (Wildman–Crippen LogP) is 2.81. The number of rotatable bonds is 6. The molecule has 1 atom stereocenters. The number of benzene rings is 1. The molecule has 0 spiro atoms. The molecule has 9 heteroatoms. The Bertz CT molecular complexity index is 692. The summed E-state index contributed by atoms with van der Waals surface area (Å²) < 4.78 is 0. The van der Waals surface area contributed by atoms with E-state index < -0.39 is 4.92 Å². The first-order chi connectivity index (χ1) is 10.5. The molecule has 1 heterocycles. The number of carbonyl (C=O) groups excluding carboxylic acids is 1. The number of amides is 1. The number of nitrogens with two attached hydrogens (primary N) is 1. The first-order valence-corrected chi connectivity index (χ1v) is 7.62. The number of nitro groups is 1. The van der Waals surface area contributed by atoms with Crippen LogP contribution in [0.4, 0.5) is 5.69 Å². The molecule has 0 fully saturated rings. The molecule has 124 valence electrons. The summed E-state index contributed by atoms with van der Waals surface area (Å²) in [5.74, 6) is -0.311. The Hall–Kier alpha value is -2.03. The van der Waals surface area contributed by atoms with Gasteiger partial charge in [0.05, 0.1) is 11.0 Å². The highest BCUT2D eigenvalue weighted by molar-refractivity contribution is 7.09. The quantitative estimate of drug-likeness (QED) is 0.610. The van der Waals surface area contributed by atoms with Crippen LogP contribution in [0.5, 0.6) is 0 Å². The van der Waals surface area contributed by atoms with Gasteiger partial charge in [0.25, 0.3) is 11.6 Å². The maximum atomic E-state index is 12.2. The summed E-state index contributed by atoms with van der Waals surface area (Å²) >= 11 is 1.33. The van der Waals surface area contributed by atoms with Crippen molar-refractivity contribution in [1.82, 2.24) is 10.3 Å². The van der Waals surface area contributed by atoms with Crippen molar-refractivity contribution < 1.29 is 9.72 Å². The third kappa shape index (κ3) is 4.72. The molecule has 1 amide bonds. The number of halogens is 1. The molecular weight excluding hydrogens is 340 g/mol. The maximum Gasteiger partial charge on any atom is 0.271 e. The summed E-state index contributed by atoms with van der Waals surface area (Å²) in [6.07, 6.45) is 0.612. The lowest BCUT2D eigenvalue weighted by atomic mass is 10.0. The predicted molar refractivity (Wildman–Crippen MR) is 90.8 cm³/mol. The lowest BCUT2D eigenvalue weighted by Gasteiger charge is -2.16. The largest absolute Gasteiger partial charge is 0.344 e. The number of nitrogens with one attached hydrogen (secondary N) is 1. The molecular formula is C14H17ClN4O3S. The van der Waals surface area contributed by atoms with Crippen molar-refractivity contribution in [2.24, 2.45) is 5.73 Å². The van der Waals surface area contributed by atoms with Crippen LogP contribution in [-0.2, 0) is 6.54 Å². The molecule has 0 bridgehead atoms. The summed E-state index contributed by atoms with van der Waals surface area (Å²) in [4.78, 5) is 26.7. The number of carbonyl (C=O) groups is 1. The third-order valence-corrected chi connectivity index (χ3v) is 4.03. The summed E-state index contributed by atoms with van der Waals surface area (Å²) in [6.45, 7) is 2.19. The van der Waals surface area contributed by atoms with Gasteiger partial charge < -0.3 is 11.1 Å². The molecule has 1 aromatic heterocycles. The molecule has 3 N–H and O–H groups in total. The summed E-state index contributed by atoms with van der Waals surface area (Å²) in [6, 6.07) is 5.95. The van der Waals surface area contributed by atoms with Crippen molar-refractivity contribution in [2.45, 2.75) is 25.9 Å². The highest BCUT2D eigenvalue weighted by atomic mass is 35.5. The second-order valence-corrected chi connectivity index (χ2v) is 5.56. The van der Waals surface area contributed by atoms with Crippen molar-refractivity contribution in [3.8, 4) is 0 Å². The van der Waals surface area contributed by atoms with E-state index in [2.05, 4.69) is 10.3 Å². The Labute approximate surface area is 143 Å². The van der Waals surface area contributed by atoms with E-state index in [1.165, 1.54) is 23.5 Å². The number of thiazole rings is 1. The van der Waals surface area contributed by atoms with Crippen LogP contribution in [0.25, 0.3) is 0 Å². The molecule has 2 rings (SSSR count). The average molecular weight is 357 g/mol. The van der Waals surface area contributed by atoms with Crippen molar-refractivity contribution in [2.75, 3.05) is 0 Å². The van der Waals surface area contributed by atoms with Crippen LogP contribution in [0, 0.1) is 10.1 Å². The fraction of sp³-hybridized carbons (Fsp3) is 0.286. The van der Waals surface area contributed by atoms with Gasteiger partial charge in [-0.15, -0.1) is 23.7 Å². The lowest BCUT2D eigenvalue weighted by molar-refractivity contribution is -0.384. The number of nitrogens with zero attached hydrogens (tertiary/aromatic N) is 2. The molecule has 0 aliphatic heterocycles. The molecule has 0 aliphatic carbocycles. The van der Waals surface area contributed by atoms with Gasteiger partial charge in [0.2, 0.25) is 0 Å². The first-order valence-electron chi connectivity index (χ1n) is 6.74. The van der Waals surface area contributed by atoms with Crippen molar-refractivity contribution in [3.63, 3.8) is 0 Å². The van der Waals surface area contributed by atoms with E-state index in [-0.39, 0.29) is 30.0 Å². The minimum absolute atomic E-state index is 0. The fourth-order valence-electron chi connectivity index (χ4n) is 2.02. The number of nitro benzene ring substituents is 1. The minimum atomic E-state index is -0.452. The van der Waals surface area contributed by atoms with Gasteiger partial charge in [-0.3, -0.25) is 14.9 Å². The van der Waals surface area contributed by atoms with E-state index in [1.54, 1.807) is 17.5 Å². The SMILES string of the molecule is CCC(NC(=O)c1csc(CN)n1)c1cccc([N+](=O)[O-])c1.Cl. The van der Waals surface area contributed by atoms with Gasteiger partial charge in [-0.25, -0.2) is 4.98 Å². The Morgan fingerprint density at radius 2 is 2.26 bits per heavy atom. The Morgan fingerprint density at radius 1 is 1.52 bits per heavy atom. The summed E-state index contributed by atoms with van der Waals surface area (Å²) in [7, 11) is 0. The van der Waals surface area contributed by atoms with E-state index in [0.29, 0.717) is 29.2 Å². The molecule has 23 heavy (non-hydrogen) atoms. The topological polar surface area (TPSA) is 111 Å². The van der Waals surface area contributed by atoms with Crippen molar-refractivity contribution in [3.05, 3.63) is 56.0 Å². The number of hydrogen-bond acceptors (Lipinski definition) is 6. The molecule has 2 aromatic rings. The van der Waals surface area contributed by atoms with E-state index in [4.69, 9.17) is 5.73 Å². The maximum absolute atomic E-state index is 12.2. The molecule has 0 radical (unpaired) electrons. The van der Waals surface area contributed by atoms with Gasteiger partial charge >= 0.3 is 0 Å². The van der Waals surface area contributed by atoms with E-state index in [9.17, 15) is 14.9 Å². The standard InChI is InChI=1S/C14H16N4O3S.ClH/c1-2-11(9-4-3-5-10(6-9)18(20)21)17-14(19)12-8-22-13(7-15)16-12;/h3-6,8,11H,2,7,15H2,1H3,(H,17,19);1H. The Kier molecular flexibility index (Phi) is 7.08. The van der Waals surface area contributed by atoms with Gasteiger partial charge in [-0.05, 0) is 12.0 Å². The van der Waals surface area contributed by atoms with Crippen LogP contribution in [-0.4, -0.2) is 15.8 Å². The first kappa shape index (κ1) is 19.0. The van der Waals surface area contributed by atoms with Gasteiger partial charge in [0, 0.05) is 24.1 Å². The lowest BCUT2D eigenvalue weighted by Crippen LogP contribution is -2.28. The van der Waals surface area contributed by atoms with E-state index in [1.807, 2.05) is 6.92 Å². The number of aromatic nitrogens is 1.